The molecule has 1 fully saturated rings. The van der Waals surface area contributed by atoms with Crippen LogP contribution in [0.5, 0.6) is 0 Å². The standard InChI is InChI=1S/C8H13F2NO2/c9-7(10)4-11-8(13)5-1-2-6(12)3-5/h5-7,12H,1-4H2,(H,11,13). The summed E-state index contributed by atoms with van der Waals surface area (Å²) in [5, 5.41) is 11.2. The molecule has 76 valence electrons. The van der Waals surface area contributed by atoms with E-state index in [1.54, 1.807) is 0 Å². The van der Waals surface area contributed by atoms with E-state index in [2.05, 4.69) is 5.32 Å². The van der Waals surface area contributed by atoms with Gasteiger partial charge in [0.1, 0.15) is 0 Å². The Morgan fingerprint density at radius 2 is 2.23 bits per heavy atom. The van der Waals surface area contributed by atoms with Gasteiger partial charge in [0.2, 0.25) is 5.91 Å². The third-order valence-corrected chi connectivity index (χ3v) is 2.21. The van der Waals surface area contributed by atoms with E-state index in [4.69, 9.17) is 5.11 Å². The predicted molar refractivity (Wildman–Crippen MR) is 42.4 cm³/mol. The maximum Gasteiger partial charge on any atom is 0.255 e. The Labute approximate surface area is 75.1 Å². The number of alkyl halides is 2. The minimum absolute atomic E-state index is 0.284. The number of amides is 1. The zero-order chi connectivity index (χ0) is 9.84. The minimum Gasteiger partial charge on any atom is -0.393 e. The van der Waals surface area contributed by atoms with Crippen LogP contribution in [0.2, 0.25) is 0 Å². The number of halogens is 2. The fourth-order valence-electron chi connectivity index (χ4n) is 1.52. The molecule has 0 aromatic rings. The quantitative estimate of drug-likeness (QED) is 0.686. The molecule has 13 heavy (non-hydrogen) atoms. The first-order valence-corrected chi connectivity index (χ1v) is 4.33. The Morgan fingerprint density at radius 1 is 1.54 bits per heavy atom. The predicted octanol–water partition coefficient (Wildman–Crippen LogP) is 0.529. The Bertz CT molecular complexity index is 187. The molecule has 3 nitrogen and oxygen atoms in total. The van der Waals surface area contributed by atoms with E-state index in [1.807, 2.05) is 0 Å². The third kappa shape index (κ3) is 3.26. The second-order valence-corrected chi connectivity index (χ2v) is 3.30. The number of carbonyl (C=O) groups is 1. The smallest absolute Gasteiger partial charge is 0.255 e. The average Bonchev–Trinajstić information content (AvgIpc) is 2.47. The van der Waals surface area contributed by atoms with Gasteiger partial charge in [-0.15, -0.1) is 0 Å². The lowest BCUT2D eigenvalue weighted by molar-refractivity contribution is -0.125. The summed E-state index contributed by atoms with van der Waals surface area (Å²) in [5.41, 5.74) is 0. The van der Waals surface area contributed by atoms with Gasteiger partial charge in [0.25, 0.3) is 6.43 Å². The molecule has 2 atom stereocenters. The molecule has 2 N–H and O–H groups in total. The number of carbonyl (C=O) groups excluding carboxylic acids is 1. The molecule has 0 heterocycles. The van der Waals surface area contributed by atoms with Gasteiger partial charge < -0.3 is 10.4 Å². The molecule has 0 spiro atoms. The van der Waals surface area contributed by atoms with Crippen LogP contribution in [0.4, 0.5) is 8.78 Å². The Balaban J connectivity index is 2.24. The summed E-state index contributed by atoms with van der Waals surface area (Å²) >= 11 is 0. The molecular weight excluding hydrogens is 180 g/mol. The van der Waals surface area contributed by atoms with Crippen molar-refractivity contribution in [1.82, 2.24) is 5.32 Å². The van der Waals surface area contributed by atoms with E-state index in [9.17, 15) is 13.6 Å². The van der Waals surface area contributed by atoms with Gasteiger partial charge in [0, 0.05) is 5.92 Å². The molecular formula is C8H13F2NO2. The van der Waals surface area contributed by atoms with Crippen molar-refractivity contribution in [2.45, 2.75) is 31.8 Å². The van der Waals surface area contributed by atoms with Gasteiger partial charge in [-0.25, -0.2) is 8.78 Å². The second kappa shape index (κ2) is 4.50. The molecule has 0 saturated heterocycles. The van der Waals surface area contributed by atoms with E-state index in [1.165, 1.54) is 0 Å². The van der Waals surface area contributed by atoms with Crippen molar-refractivity contribution in [2.24, 2.45) is 5.92 Å². The van der Waals surface area contributed by atoms with Crippen molar-refractivity contribution in [3.8, 4) is 0 Å². The summed E-state index contributed by atoms with van der Waals surface area (Å²) < 4.78 is 23.4. The van der Waals surface area contributed by atoms with E-state index in [0.29, 0.717) is 19.3 Å². The first kappa shape index (κ1) is 10.4. The van der Waals surface area contributed by atoms with Gasteiger partial charge >= 0.3 is 0 Å². The number of nitrogens with one attached hydrogen (secondary N) is 1. The van der Waals surface area contributed by atoms with Crippen LogP contribution in [0.3, 0.4) is 0 Å². The summed E-state index contributed by atoms with van der Waals surface area (Å²) in [7, 11) is 0. The molecule has 0 bridgehead atoms. The van der Waals surface area contributed by atoms with Crippen LogP contribution in [-0.4, -0.2) is 30.1 Å². The van der Waals surface area contributed by atoms with E-state index < -0.39 is 19.1 Å². The summed E-state index contributed by atoms with van der Waals surface area (Å²) in [4.78, 5) is 11.1. The number of hydrogen-bond acceptors (Lipinski definition) is 2. The Hall–Kier alpha value is -0.710. The maximum absolute atomic E-state index is 11.7. The monoisotopic (exact) mass is 193 g/mol. The molecule has 0 aliphatic heterocycles. The van der Waals surface area contributed by atoms with E-state index in [-0.39, 0.29) is 11.8 Å². The molecule has 0 aromatic heterocycles. The van der Waals surface area contributed by atoms with Crippen LogP contribution < -0.4 is 5.32 Å². The van der Waals surface area contributed by atoms with Crippen molar-refractivity contribution >= 4 is 5.91 Å². The molecule has 1 amide bonds. The van der Waals surface area contributed by atoms with Gasteiger partial charge in [-0.05, 0) is 19.3 Å². The zero-order valence-corrected chi connectivity index (χ0v) is 7.17. The molecule has 5 heteroatoms. The Morgan fingerprint density at radius 3 is 2.69 bits per heavy atom. The second-order valence-electron chi connectivity index (χ2n) is 3.30. The van der Waals surface area contributed by atoms with Gasteiger partial charge in [0.15, 0.2) is 0 Å². The van der Waals surface area contributed by atoms with Gasteiger partial charge in [-0.3, -0.25) is 4.79 Å². The number of hydrogen-bond donors (Lipinski definition) is 2. The fraction of sp³-hybridized carbons (Fsp3) is 0.875. The van der Waals surface area contributed by atoms with Crippen LogP contribution >= 0.6 is 0 Å². The molecule has 1 rings (SSSR count). The number of aliphatic hydroxyl groups is 1. The zero-order valence-electron chi connectivity index (χ0n) is 7.17. The molecule has 0 aromatic carbocycles. The van der Waals surface area contributed by atoms with Gasteiger partial charge in [-0.1, -0.05) is 0 Å². The lowest BCUT2D eigenvalue weighted by Gasteiger charge is -2.09. The molecule has 2 unspecified atom stereocenters. The lowest BCUT2D eigenvalue weighted by atomic mass is 10.1. The highest BCUT2D eigenvalue weighted by Gasteiger charge is 2.28. The SMILES string of the molecule is O=C(NCC(F)F)C1CCC(O)C1. The van der Waals surface area contributed by atoms with Crippen LogP contribution in [-0.2, 0) is 4.79 Å². The number of aliphatic hydroxyl groups excluding tert-OH is 1. The third-order valence-electron chi connectivity index (χ3n) is 2.21. The summed E-state index contributed by atoms with van der Waals surface area (Å²) in [5.74, 6) is -0.648. The van der Waals surface area contributed by atoms with Gasteiger partial charge in [0.05, 0.1) is 12.6 Å². The van der Waals surface area contributed by atoms with E-state index in [0.717, 1.165) is 0 Å². The molecule has 0 radical (unpaired) electrons. The van der Waals surface area contributed by atoms with Crippen LogP contribution in [0, 0.1) is 5.92 Å². The van der Waals surface area contributed by atoms with Crippen molar-refractivity contribution in [2.75, 3.05) is 6.54 Å². The molecule has 1 saturated carbocycles. The first-order valence-electron chi connectivity index (χ1n) is 4.33. The molecule has 1 aliphatic rings. The van der Waals surface area contributed by atoms with Crippen molar-refractivity contribution in [3.05, 3.63) is 0 Å². The molecule has 1 aliphatic carbocycles. The normalized spacial score (nSPS) is 28.0. The Kier molecular flexibility index (Phi) is 3.59. The van der Waals surface area contributed by atoms with Crippen LogP contribution in [0.15, 0.2) is 0 Å². The van der Waals surface area contributed by atoms with Crippen LogP contribution in [0.25, 0.3) is 0 Å². The number of rotatable bonds is 3. The summed E-state index contributed by atoms with van der Waals surface area (Å²) in [6, 6.07) is 0. The van der Waals surface area contributed by atoms with Crippen LogP contribution in [0.1, 0.15) is 19.3 Å². The topological polar surface area (TPSA) is 49.3 Å². The van der Waals surface area contributed by atoms with Crippen molar-refractivity contribution in [3.63, 3.8) is 0 Å². The highest BCUT2D eigenvalue weighted by molar-refractivity contribution is 5.78. The highest BCUT2D eigenvalue weighted by atomic mass is 19.3. The minimum atomic E-state index is -2.50. The summed E-state index contributed by atoms with van der Waals surface area (Å²) in [6.45, 7) is -0.592. The average molecular weight is 193 g/mol. The fourth-order valence-corrected chi connectivity index (χ4v) is 1.52. The summed E-state index contributed by atoms with van der Waals surface area (Å²) in [6.07, 6.45) is -1.37. The first-order chi connectivity index (χ1) is 6.09. The lowest BCUT2D eigenvalue weighted by Crippen LogP contribution is -2.33. The highest BCUT2D eigenvalue weighted by Crippen LogP contribution is 2.25. The largest absolute Gasteiger partial charge is 0.393 e. The van der Waals surface area contributed by atoms with E-state index >= 15 is 0 Å². The maximum atomic E-state index is 11.7. The van der Waals surface area contributed by atoms with Gasteiger partial charge in [-0.2, -0.15) is 0 Å². The van der Waals surface area contributed by atoms with Crippen molar-refractivity contribution in [1.29, 1.82) is 0 Å². The van der Waals surface area contributed by atoms with Crippen molar-refractivity contribution < 1.29 is 18.7 Å².